The number of ether oxygens (including phenoxy) is 1. The summed E-state index contributed by atoms with van der Waals surface area (Å²) in [6.45, 7) is 1.87. The Balaban J connectivity index is 2.05. The Hall–Kier alpha value is -2.46. The van der Waals surface area contributed by atoms with E-state index in [1.807, 2.05) is 13.0 Å². The summed E-state index contributed by atoms with van der Waals surface area (Å²) < 4.78 is 19.3. The van der Waals surface area contributed by atoms with E-state index in [-0.39, 0.29) is 5.82 Å². The second-order valence-corrected chi connectivity index (χ2v) is 5.11. The van der Waals surface area contributed by atoms with Crippen LogP contribution >= 0.6 is 11.6 Å². The first kappa shape index (κ1) is 14.5. The Morgan fingerprint density at radius 3 is 2.73 bits per heavy atom. The van der Waals surface area contributed by atoms with Crippen LogP contribution in [-0.2, 0) is 0 Å². The highest BCUT2D eigenvalue weighted by molar-refractivity contribution is 6.29. The highest BCUT2D eigenvalue weighted by Crippen LogP contribution is 2.32. The van der Waals surface area contributed by atoms with Crippen molar-refractivity contribution in [3.05, 3.63) is 71.4 Å². The predicted molar refractivity (Wildman–Crippen MR) is 83.7 cm³/mol. The van der Waals surface area contributed by atoms with Gasteiger partial charge in [-0.1, -0.05) is 23.7 Å². The van der Waals surface area contributed by atoms with Crippen molar-refractivity contribution in [2.45, 2.75) is 6.92 Å². The maximum absolute atomic E-state index is 13.5. The van der Waals surface area contributed by atoms with E-state index in [1.54, 1.807) is 36.5 Å². The van der Waals surface area contributed by atoms with Gasteiger partial charge in [-0.3, -0.25) is 0 Å². The molecule has 0 aliphatic carbocycles. The molecule has 0 spiro atoms. The summed E-state index contributed by atoms with van der Waals surface area (Å²) in [6, 6.07) is 13.2. The van der Waals surface area contributed by atoms with Crippen molar-refractivity contribution in [1.29, 1.82) is 0 Å². The lowest BCUT2D eigenvalue weighted by molar-refractivity contribution is 0.481. The van der Waals surface area contributed by atoms with Gasteiger partial charge in [0.2, 0.25) is 0 Å². The van der Waals surface area contributed by atoms with Crippen LogP contribution in [0.25, 0.3) is 11.3 Å². The van der Waals surface area contributed by atoms with Gasteiger partial charge in [-0.25, -0.2) is 14.4 Å². The van der Waals surface area contributed by atoms with Crippen molar-refractivity contribution >= 4 is 11.6 Å². The Morgan fingerprint density at radius 1 is 1.09 bits per heavy atom. The van der Waals surface area contributed by atoms with E-state index in [0.717, 1.165) is 5.69 Å². The van der Waals surface area contributed by atoms with E-state index in [1.165, 1.54) is 12.1 Å². The van der Waals surface area contributed by atoms with E-state index < -0.39 is 0 Å². The molecule has 0 atom stereocenters. The molecule has 0 amide bonds. The maximum Gasteiger partial charge on any atom is 0.153 e. The summed E-state index contributed by atoms with van der Waals surface area (Å²) in [4.78, 5) is 8.37. The highest BCUT2D eigenvalue weighted by atomic mass is 35.5. The zero-order valence-electron chi connectivity index (χ0n) is 11.8. The fraction of sp³-hybridized carbons (Fsp3) is 0.0588. The molecule has 0 saturated carbocycles. The quantitative estimate of drug-likeness (QED) is 0.635. The fourth-order valence-corrected chi connectivity index (χ4v) is 2.21. The van der Waals surface area contributed by atoms with Gasteiger partial charge in [0.1, 0.15) is 22.4 Å². The van der Waals surface area contributed by atoms with Gasteiger partial charge in [0.15, 0.2) is 5.75 Å². The van der Waals surface area contributed by atoms with Gasteiger partial charge in [-0.15, -0.1) is 0 Å². The molecule has 3 rings (SSSR count). The Labute approximate surface area is 132 Å². The lowest BCUT2D eigenvalue weighted by Gasteiger charge is -2.11. The number of nitrogens with zero attached hydrogens (tertiary/aromatic N) is 2. The number of pyridine rings is 2. The number of aryl methyl sites for hydroxylation is 1. The van der Waals surface area contributed by atoms with Crippen LogP contribution in [0.5, 0.6) is 11.5 Å². The highest BCUT2D eigenvalue weighted by Gasteiger charge is 2.11. The first-order valence-electron chi connectivity index (χ1n) is 6.65. The molecule has 0 bridgehead atoms. The van der Waals surface area contributed by atoms with Crippen LogP contribution in [0.1, 0.15) is 5.69 Å². The number of hydrogen-bond acceptors (Lipinski definition) is 3. The summed E-state index contributed by atoms with van der Waals surface area (Å²) in [5, 5.41) is 0.338. The van der Waals surface area contributed by atoms with Crippen LogP contribution in [0, 0.1) is 12.7 Å². The van der Waals surface area contributed by atoms with E-state index in [0.29, 0.717) is 27.9 Å². The van der Waals surface area contributed by atoms with E-state index in [2.05, 4.69) is 9.97 Å². The predicted octanol–water partition coefficient (Wildman–Crippen LogP) is 5.04. The number of benzene rings is 1. The summed E-state index contributed by atoms with van der Waals surface area (Å²) in [5.41, 5.74) is 2.05. The van der Waals surface area contributed by atoms with Gasteiger partial charge in [0, 0.05) is 23.5 Å². The largest absolute Gasteiger partial charge is 0.455 e. The zero-order chi connectivity index (χ0) is 15.5. The van der Waals surface area contributed by atoms with Crippen LogP contribution in [0.2, 0.25) is 5.15 Å². The molecular weight excluding hydrogens is 303 g/mol. The van der Waals surface area contributed by atoms with Crippen molar-refractivity contribution < 1.29 is 9.13 Å². The Kier molecular flexibility index (Phi) is 4.02. The molecule has 0 aliphatic rings. The Bertz CT molecular complexity index is 823. The van der Waals surface area contributed by atoms with Gasteiger partial charge in [0.25, 0.3) is 0 Å². The van der Waals surface area contributed by atoms with E-state index in [4.69, 9.17) is 16.3 Å². The van der Waals surface area contributed by atoms with Crippen molar-refractivity contribution in [1.82, 2.24) is 9.97 Å². The van der Waals surface area contributed by atoms with Crippen LogP contribution in [0.15, 0.2) is 54.7 Å². The van der Waals surface area contributed by atoms with Gasteiger partial charge in [-0.05, 0) is 37.3 Å². The van der Waals surface area contributed by atoms with Gasteiger partial charge >= 0.3 is 0 Å². The summed E-state index contributed by atoms with van der Waals surface area (Å²) in [7, 11) is 0. The molecule has 0 aliphatic heterocycles. The molecule has 22 heavy (non-hydrogen) atoms. The average Bonchev–Trinajstić information content (AvgIpc) is 2.49. The third-order valence-corrected chi connectivity index (χ3v) is 3.23. The SMILES string of the molecule is Cc1ccc(Oc2ccnc(Cl)c2)c(-c2cccc(F)c2)n1. The van der Waals surface area contributed by atoms with Gasteiger partial charge < -0.3 is 4.74 Å². The van der Waals surface area contributed by atoms with Crippen LogP contribution in [0.3, 0.4) is 0 Å². The molecule has 0 fully saturated rings. The first-order valence-corrected chi connectivity index (χ1v) is 7.02. The molecule has 3 nitrogen and oxygen atoms in total. The van der Waals surface area contributed by atoms with Gasteiger partial charge in [0.05, 0.1) is 0 Å². The average molecular weight is 315 g/mol. The molecule has 110 valence electrons. The van der Waals surface area contributed by atoms with Crippen molar-refractivity contribution in [2.24, 2.45) is 0 Å². The van der Waals surface area contributed by atoms with Crippen molar-refractivity contribution in [3.8, 4) is 22.8 Å². The van der Waals surface area contributed by atoms with Crippen LogP contribution in [-0.4, -0.2) is 9.97 Å². The minimum atomic E-state index is -0.321. The minimum Gasteiger partial charge on any atom is -0.455 e. The van der Waals surface area contributed by atoms with Crippen LogP contribution in [0.4, 0.5) is 4.39 Å². The lowest BCUT2D eigenvalue weighted by atomic mass is 10.1. The topological polar surface area (TPSA) is 35.0 Å². The Morgan fingerprint density at radius 2 is 1.95 bits per heavy atom. The summed E-state index contributed by atoms with van der Waals surface area (Å²) in [6.07, 6.45) is 1.56. The number of hydrogen-bond donors (Lipinski definition) is 0. The molecule has 3 aromatic rings. The second kappa shape index (κ2) is 6.12. The molecule has 2 heterocycles. The van der Waals surface area contributed by atoms with Crippen molar-refractivity contribution in [2.75, 3.05) is 0 Å². The minimum absolute atomic E-state index is 0.321. The normalized spacial score (nSPS) is 10.5. The van der Waals surface area contributed by atoms with Crippen LogP contribution < -0.4 is 4.74 Å². The molecule has 1 aromatic carbocycles. The van der Waals surface area contributed by atoms with E-state index in [9.17, 15) is 4.39 Å². The fourth-order valence-electron chi connectivity index (χ4n) is 2.04. The molecule has 5 heteroatoms. The number of halogens is 2. The third kappa shape index (κ3) is 3.23. The molecule has 2 aromatic heterocycles. The molecular formula is C17H12ClFN2O. The molecule has 0 saturated heterocycles. The smallest absolute Gasteiger partial charge is 0.153 e. The molecule has 0 N–H and O–H groups in total. The van der Waals surface area contributed by atoms with E-state index >= 15 is 0 Å². The number of aromatic nitrogens is 2. The lowest BCUT2D eigenvalue weighted by Crippen LogP contribution is -1.94. The first-order chi connectivity index (χ1) is 10.6. The maximum atomic E-state index is 13.5. The van der Waals surface area contributed by atoms with Crippen molar-refractivity contribution in [3.63, 3.8) is 0 Å². The second-order valence-electron chi connectivity index (χ2n) is 4.73. The summed E-state index contributed by atoms with van der Waals surface area (Å²) >= 11 is 5.86. The zero-order valence-corrected chi connectivity index (χ0v) is 12.5. The summed E-state index contributed by atoms with van der Waals surface area (Å²) in [5.74, 6) is 0.750. The molecule has 0 radical (unpaired) electrons. The third-order valence-electron chi connectivity index (χ3n) is 3.02. The number of rotatable bonds is 3. The van der Waals surface area contributed by atoms with Gasteiger partial charge in [-0.2, -0.15) is 0 Å². The standard InChI is InChI=1S/C17H12ClFN2O/c1-11-5-6-15(22-14-7-8-20-16(18)10-14)17(21-11)12-3-2-4-13(19)9-12/h2-10H,1H3. The monoisotopic (exact) mass is 314 g/mol. The molecule has 0 unspecified atom stereocenters.